The third-order valence-corrected chi connectivity index (χ3v) is 7.39. The Kier molecular flexibility index (Phi) is 7.66. The van der Waals surface area contributed by atoms with Crippen LogP contribution in [-0.4, -0.2) is 69.2 Å². The third kappa shape index (κ3) is 5.49. The Hall–Kier alpha value is -2.74. The Labute approximate surface area is 201 Å². The van der Waals surface area contributed by atoms with E-state index in [1.54, 1.807) is 11.0 Å². The molecule has 7 heteroatoms. The molecular weight excluding hydrogens is 430 g/mol. The van der Waals surface area contributed by atoms with Crippen molar-refractivity contribution in [1.29, 1.82) is 0 Å². The van der Waals surface area contributed by atoms with Gasteiger partial charge < -0.3 is 20.8 Å². The molecule has 0 radical (unpaired) electrons. The molecule has 2 aromatic rings. The van der Waals surface area contributed by atoms with Crippen LogP contribution in [0.4, 0.5) is 0 Å². The van der Waals surface area contributed by atoms with Crippen LogP contribution in [0.15, 0.2) is 54.6 Å². The summed E-state index contributed by atoms with van der Waals surface area (Å²) in [4.78, 5) is 28.7. The van der Waals surface area contributed by atoms with Crippen molar-refractivity contribution in [3.05, 3.63) is 71.3 Å². The molecule has 34 heavy (non-hydrogen) atoms. The van der Waals surface area contributed by atoms with E-state index in [2.05, 4.69) is 11.0 Å². The van der Waals surface area contributed by atoms with Crippen molar-refractivity contribution in [3.63, 3.8) is 0 Å². The highest BCUT2D eigenvalue weighted by atomic mass is 16.3. The number of benzene rings is 2. The van der Waals surface area contributed by atoms with Crippen LogP contribution >= 0.6 is 0 Å². The van der Waals surface area contributed by atoms with Gasteiger partial charge in [0, 0.05) is 37.3 Å². The fourth-order valence-electron chi connectivity index (χ4n) is 5.56. The average molecular weight is 466 g/mol. The number of hydrogen-bond acceptors (Lipinski definition) is 5. The lowest BCUT2D eigenvalue weighted by atomic mass is 9.84. The van der Waals surface area contributed by atoms with Crippen molar-refractivity contribution < 1.29 is 19.8 Å². The van der Waals surface area contributed by atoms with Gasteiger partial charge in [0.15, 0.2) is 6.10 Å². The Morgan fingerprint density at radius 2 is 1.74 bits per heavy atom. The zero-order chi connectivity index (χ0) is 24.2. The van der Waals surface area contributed by atoms with E-state index >= 15 is 0 Å². The number of aliphatic hydroxyl groups is 2. The van der Waals surface area contributed by atoms with Crippen LogP contribution in [-0.2, 0) is 11.3 Å². The van der Waals surface area contributed by atoms with E-state index in [-0.39, 0.29) is 0 Å². The number of primary amides is 1. The molecule has 4 rings (SSSR count). The molecule has 0 spiro atoms. The predicted octanol–water partition coefficient (Wildman–Crippen LogP) is 2.27. The number of piperidine rings is 1. The lowest BCUT2D eigenvalue weighted by Crippen LogP contribution is -2.49. The minimum absolute atomic E-state index is 0.396. The summed E-state index contributed by atoms with van der Waals surface area (Å²) in [7, 11) is 0. The van der Waals surface area contributed by atoms with Crippen molar-refractivity contribution in [2.45, 2.75) is 69.4 Å². The summed E-state index contributed by atoms with van der Waals surface area (Å²) in [6, 6.07) is 18.3. The molecule has 0 aromatic heterocycles. The van der Waals surface area contributed by atoms with Crippen LogP contribution in [0.5, 0.6) is 0 Å². The van der Waals surface area contributed by atoms with Crippen LogP contribution in [0.1, 0.15) is 60.0 Å². The van der Waals surface area contributed by atoms with E-state index in [1.165, 1.54) is 12.5 Å². The standard InChI is InChI=1S/C27H35N3O4/c1-18(31)25(32)27(34)29(17-19-6-3-2-4-7-19)12-13-30-23-10-11-24(30)16-22(15-23)20-8-5-9-21(14-20)26(28)33/h2-9,14,18,22-25,31-32H,10-13,15-17H2,1H3,(H2,28,33)/t18?,22?,23?,24?,25-/m0/s1. The van der Waals surface area contributed by atoms with Crippen molar-refractivity contribution >= 4 is 11.8 Å². The second-order valence-electron chi connectivity index (χ2n) is 9.71. The van der Waals surface area contributed by atoms with Gasteiger partial charge in [0.1, 0.15) is 0 Å². The minimum atomic E-state index is -1.43. The largest absolute Gasteiger partial charge is 0.390 e. The maximum atomic E-state index is 12.9. The van der Waals surface area contributed by atoms with Crippen LogP contribution in [0.3, 0.4) is 0 Å². The number of nitrogens with two attached hydrogens (primary N) is 1. The van der Waals surface area contributed by atoms with Crippen molar-refractivity contribution in [1.82, 2.24) is 9.80 Å². The summed E-state index contributed by atoms with van der Waals surface area (Å²) in [6.07, 6.45) is 1.74. The molecule has 4 N–H and O–H groups in total. The third-order valence-electron chi connectivity index (χ3n) is 7.39. The summed E-state index contributed by atoms with van der Waals surface area (Å²) >= 11 is 0. The quantitative estimate of drug-likeness (QED) is 0.527. The maximum Gasteiger partial charge on any atom is 0.254 e. The van der Waals surface area contributed by atoms with Gasteiger partial charge in [0.05, 0.1) is 6.10 Å². The second-order valence-corrected chi connectivity index (χ2v) is 9.71. The number of carbonyl (C=O) groups excluding carboxylic acids is 2. The summed E-state index contributed by atoms with van der Waals surface area (Å²) < 4.78 is 0. The number of rotatable bonds is 9. The normalized spacial score (nSPS) is 23.9. The first kappa shape index (κ1) is 24.4. The summed E-state index contributed by atoms with van der Waals surface area (Å²) in [5, 5.41) is 20.0. The van der Waals surface area contributed by atoms with Crippen LogP contribution in [0.2, 0.25) is 0 Å². The molecule has 182 valence electrons. The first-order valence-corrected chi connectivity index (χ1v) is 12.2. The van der Waals surface area contributed by atoms with Crippen LogP contribution in [0.25, 0.3) is 0 Å². The predicted molar refractivity (Wildman–Crippen MR) is 130 cm³/mol. The minimum Gasteiger partial charge on any atom is -0.390 e. The van der Waals surface area contributed by atoms with Gasteiger partial charge in [0.2, 0.25) is 5.91 Å². The first-order valence-electron chi connectivity index (χ1n) is 12.2. The van der Waals surface area contributed by atoms with Gasteiger partial charge in [-0.1, -0.05) is 42.5 Å². The van der Waals surface area contributed by atoms with Gasteiger partial charge in [-0.3, -0.25) is 14.5 Å². The molecule has 0 aliphatic carbocycles. The van der Waals surface area contributed by atoms with E-state index in [4.69, 9.17) is 5.73 Å². The van der Waals surface area contributed by atoms with E-state index in [1.807, 2.05) is 42.5 Å². The smallest absolute Gasteiger partial charge is 0.254 e. The van der Waals surface area contributed by atoms with Gasteiger partial charge in [-0.05, 0) is 61.8 Å². The summed E-state index contributed by atoms with van der Waals surface area (Å²) in [6.45, 7) is 3.05. The van der Waals surface area contributed by atoms with Gasteiger partial charge in [0.25, 0.3) is 5.91 Å². The first-order chi connectivity index (χ1) is 16.3. The Bertz CT molecular complexity index is 982. The topological polar surface area (TPSA) is 107 Å². The van der Waals surface area contributed by atoms with Crippen molar-refractivity contribution in [2.75, 3.05) is 13.1 Å². The molecule has 2 bridgehead atoms. The van der Waals surface area contributed by atoms with E-state index < -0.39 is 24.0 Å². The summed E-state index contributed by atoms with van der Waals surface area (Å²) in [5.74, 6) is -0.443. The zero-order valence-electron chi connectivity index (χ0n) is 19.7. The number of hydrogen-bond donors (Lipinski definition) is 3. The Morgan fingerprint density at radius 1 is 1.06 bits per heavy atom. The second kappa shape index (κ2) is 10.7. The highest BCUT2D eigenvalue weighted by Gasteiger charge is 2.41. The number of nitrogens with zero attached hydrogens (tertiary/aromatic N) is 2. The van der Waals surface area contributed by atoms with Gasteiger partial charge in [-0.2, -0.15) is 0 Å². The van der Waals surface area contributed by atoms with Crippen molar-refractivity contribution in [2.24, 2.45) is 5.73 Å². The van der Waals surface area contributed by atoms with Gasteiger partial charge in [-0.15, -0.1) is 0 Å². The number of aliphatic hydroxyl groups excluding tert-OH is 2. The molecule has 7 nitrogen and oxygen atoms in total. The Morgan fingerprint density at radius 3 is 2.35 bits per heavy atom. The summed E-state index contributed by atoms with van der Waals surface area (Å²) in [5.41, 5.74) is 8.20. The van der Waals surface area contributed by atoms with Crippen LogP contribution < -0.4 is 5.73 Å². The molecule has 2 heterocycles. The Balaban J connectivity index is 1.43. The molecule has 3 unspecified atom stereocenters. The van der Waals surface area contributed by atoms with Crippen molar-refractivity contribution in [3.8, 4) is 0 Å². The van der Waals surface area contributed by atoms with Gasteiger partial charge in [-0.25, -0.2) is 0 Å². The molecule has 2 amide bonds. The monoisotopic (exact) mass is 465 g/mol. The highest BCUT2D eigenvalue weighted by Crippen LogP contribution is 2.43. The fourth-order valence-corrected chi connectivity index (χ4v) is 5.56. The van der Waals surface area contributed by atoms with E-state index in [0.29, 0.717) is 36.7 Å². The van der Waals surface area contributed by atoms with E-state index in [0.717, 1.165) is 37.8 Å². The maximum absolute atomic E-state index is 12.9. The van der Waals surface area contributed by atoms with Gasteiger partial charge >= 0.3 is 0 Å². The number of amides is 2. The molecule has 2 saturated heterocycles. The molecule has 0 saturated carbocycles. The molecular formula is C27H35N3O4. The SMILES string of the molecule is CC(O)[C@H](O)C(=O)N(CCN1C2CCC1CC(c1cccc(C(N)=O)c1)C2)Cc1ccccc1. The molecule has 2 aliphatic rings. The lowest BCUT2D eigenvalue weighted by Gasteiger charge is -2.40. The molecule has 2 aromatic carbocycles. The lowest BCUT2D eigenvalue weighted by molar-refractivity contribution is -0.146. The number of carbonyl (C=O) groups is 2. The number of fused-ring (bicyclic) bond motifs is 2. The fraction of sp³-hybridized carbons (Fsp3) is 0.481. The molecule has 2 aliphatic heterocycles. The van der Waals surface area contributed by atoms with E-state index in [9.17, 15) is 19.8 Å². The average Bonchev–Trinajstić information content (AvgIpc) is 3.07. The molecule has 2 fully saturated rings. The zero-order valence-corrected chi connectivity index (χ0v) is 19.7. The highest BCUT2D eigenvalue weighted by molar-refractivity contribution is 5.92. The molecule has 4 atom stereocenters. The van der Waals surface area contributed by atoms with Crippen LogP contribution in [0, 0.1) is 0 Å².